The second-order valence-corrected chi connectivity index (χ2v) is 6.36. The Hall–Kier alpha value is -2.83. The number of aliphatic imine (C=N–C) groups is 1. The molecule has 2 rings (SSSR count). The summed E-state index contributed by atoms with van der Waals surface area (Å²) >= 11 is 0. The SMILES string of the molecule is CN=C(NCCc1cc(F)cc(F)c1)N(C)CCc1ccc(OC)c(OC)c1. The summed E-state index contributed by atoms with van der Waals surface area (Å²) in [5.41, 5.74) is 1.73. The van der Waals surface area contributed by atoms with E-state index in [2.05, 4.69) is 10.3 Å². The van der Waals surface area contributed by atoms with Gasteiger partial charge in [-0.05, 0) is 48.2 Å². The van der Waals surface area contributed by atoms with Crippen LogP contribution in [0.25, 0.3) is 0 Å². The molecule has 152 valence electrons. The topological polar surface area (TPSA) is 46.1 Å². The molecular weight excluding hydrogens is 364 g/mol. The number of likely N-dealkylation sites (N-methyl/N-ethyl adjacent to an activating group) is 1. The van der Waals surface area contributed by atoms with Crippen molar-refractivity contribution in [3.8, 4) is 11.5 Å². The van der Waals surface area contributed by atoms with Crippen LogP contribution in [0.5, 0.6) is 11.5 Å². The number of hydrogen-bond acceptors (Lipinski definition) is 3. The van der Waals surface area contributed by atoms with Crippen molar-refractivity contribution in [3.05, 3.63) is 59.2 Å². The van der Waals surface area contributed by atoms with Crippen LogP contribution in [-0.2, 0) is 12.8 Å². The molecule has 2 aromatic rings. The fraction of sp³-hybridized carbons (Fsp3) is 0.381. The van der Waals surface area contributed by atoms with Crippen LogP contribution in [0.3, 0.4) is 0 Å². The van der Waals surface area contributed by atoms with Crippen molar-refractivity contribution in [3.63, 3.8) is 0 Å². The third kappa shape index (κ3) is 6.11. The molecule has 0 spiro atoms. The summed E-state index contributed by atoms with van der Waals surface area (Å²) in [5.74, 6) is 0.994. The smallest absolute Gasteiger partial charge is 0.193 e. The van der Waals surface area contributed by atoms with Gasteiger partial charge >= 0.3 is 0 Å². The molecule has 0 heterocycles. The lowest BCUT2D eigenvalue weighted by Crippen LogP contribution is -2.40. The van der Waals surface area contributed by atoms with E-state index in [0.717, 1.165) is 30.6 Å². The molecule has 0 aliphatic carbocycles. The van der Waals surface area contributed by atoms with Crippen molar-refractivity contribution in [1.82, 2.24) is 10.2 Å². The highest BCUT2D eigenvalue weighted by Gasteiger charge is 2.09. The molecule has 0 aromatic heterocycles. The van der Waals surface area contributed by atoms with E-state index in [0.29, 0.717) is 30.0 Å². The standard InChI is InChI=1S/C21H27F2N3O2/c1-24-21(25-9-7-16-11-17(22)14-18(23)12-16)26(2)10-8-15-5-6-19(27-3)20(13-15)28-4/h5-6,11-14H,7-10H2,1-4H3,(H,24,25). The monoisotopic (exact) mass is 391 g/mol. The van der Waals surface area contributed by atoms with Crippen molar-refractivity contribution in [2.24, 2.45) is 4.99 Å². The molecule has 0 saturated heterocycles. The summed E-state index contributed by atoms with van der Waals surface area (Å²) in [4.78, 5) is 6.27. The first kappa shape index (κ1) is 21.5. The van der Waals surface area contributed by atoms with E-state index in [9.17, 15) is 8.78 Å². The summed E-state index contributed by atoms with van der Waals surface area (Å²) in [5, 5.41) is 3.22. The molecule has 0 aliphatic heterocycles. The zero-order chi connectivity index (χ0) is 20.5. The number of rotatable bonds is 8. The van der Waals surface area contributed by atoms with Crippen LogP contribution in [0.15, 0.2) is 41.4 Å². The van der Waals surface area contributed by atoms with E-state index in [1.54, 1.807) is 21.3 Å². The van der Waals surface area contributed by atoms with Crippen LogP contribution in [0.4, 0.5) is 8.78 Å². The molecule has 0 unspecified atom stereocenters. The first-order valence-electron chi connectivity index (χ1n) is 9.04. The molecular formula is C21H27F2N3O2. The molecule has 2 aromatic carbocycles. The molecule has 0 saturated carbocycles. The molecule has 0 atom stereocenters. The van der Waals surface area contributed by atoms with Gasteiger partial charge < -0.3 is 19.7 Å². The first-order chi connectivity index (χ1) is 13.5. The maximum Gasteiger partial charge on any atom is 0.193 e. The Balaban J connectivity index is 1.87. The molecule has 1 N–H and O–H groups in total. The van der Waals surface area contributed by atoms with Gasteiger partial charge in [-0.3, -0.25) is 4.99 Å². The van der Waals surface area contributed by atoms with Crippen molar-refractivity contribution in [2.75, 3.05) is 41.4 Å². The molecule has 5 nitrogen and oxygen atoms in total. The van der Waals surface area contributed by atoms with Crippen LogP contribution >= 0.6 is 0 Å². The summed E-state index contributed by atoms with van der Waals surface area (Å²) in [7, 11) is 6.87. The van der Waals surface area contributed by atoms with E-state index in [4.69, 9.17) is 9.47 Å². The molecule has 0 bridgehead atoms. The van der Waals surface area contributed by atoms with Gasteiger partial charge in [0.1, 0.15) is 11.6 Å². The Bertz CT molecular complexity index is 792. The minimum absolute atomic E-state index is 0.497. The Morgan fingerprint density at radius 2 is 1.64 bits per heavy atom. The summed E-state index contributed by atoms with van der Waals surface area (Å²) in [6.07, 6.45) is 1.30. The lowest BCUT2D eigenvalue weighted by molar-refractivity contribution is 0.354. The third-order valence-electron chi connectivity index (χ3n) is 4.38. The molecule has 0 aliphatic rings. The first-order valence-corrected chi connectivity index (χ1v) is 9.04. The maximum absolute atomic E-state index is 13.3. The number of benzene rings is 2. The van der Waals surface area contributed by atoms with Crippen LogP contribution in [0.1, 0.15) is 11.1 Å². The minimum Gasteiger partial charge on any atom is -0.493 e. The van der Waals surface area contributed by atoms with E-state index >= 15 is 0 Å². The van der Waals surface area contributed by atoms with Gasteiger partial charge in [0, 0.05) is 33.3 Å². The Morgan fingerprint density at radius 3 is 2.25 bits per heavy atom. The van der Waals surface area contributed by atoms with Crippen LogP contribution in [-0.4, -0.2) is 52.3 Å². The van der Waals surface area contributed by atoms with Crippen molar-refractivity contribution in [2.45, 2.75) is 12.8 Å². The quantitative estimate of drug-likeness (QED) is 0.554. The van der Waals surface area contributed by atoms with Gasteiger partial charge in [-0.15, -0.1) is 0 Å². The number of methoxy groups -OCH3 is 2. The number of nitrogens with zero attached hydrogens (tertiary/aromatic N) is 2. The van der Waals surface area contributed by atoms with Gasteiger partial charge in [-0.2, -0.15) is 0 Å². The summed E-state index contributed by atoms with van der Waals surface area (Å²) in [6, 6.07) is 9.41. The lowest BCUT2D eigenvalue weighted by Gasteiger charge is -2.22. The second-order valence-electron chi connectivity index (χ2n) is 6.36. The average Bonchev–Trinajstić information content (AvgIpc) is 2.68. The van der Waals surface area contributed by atoms with Gasteiger partial charge in [-0.25, -0.2) is 8.78 Å². The van der Waals surface area contributed by atoms with Gasteiger partial charge in [0.05, 0.1) is 14.2 Å². The number of hydrogen-bond donors (Lipinski definition) is 1. The number of guanidine groups is 1. The zero-order valence-corrected chi connectivity index (χ0v) is 16.8. The third-order valence-corrected chi connectivity index (χ3v) is 4.38. The van der Waals surface area contributed by atoms with E-state index < -0.39 is 11.6 Å². The lowest BCUT2D eigenvalue weighted by atomic mass is 10.1. The normalized spacial score (nSPS) is 11.3. The summed E-state index contributed by atoms with van der Waals surface area (Å²) < 4.78 is 37.1. The second kappa shape index (κ2) is 10.5. The van der Waals surface area contributed by atoms with E-state index in [1.807, 2.05) is 30.1 Å². The van der Waals surface area contributed by atoms with E-state index in [1.165, 1.54) is 12.1 Å². The Kier molecular flexibility index (Phi) is 8.04. The predicted octanol–water partition coefficient (Wildman–Crippen LogP) is 3.27. The van der Waals surface area contributed by atoms with Gasteiger partial charge in [0.15, 0.2) is 17.5 Å². The van der Waals surface area contributed by atoms with Gasteiger partial charge in [0.2, 0.25) is 0 Å². The Morgan fingerprint density at radius 1 is 0.964 bits per heavy atom. The largest absolute Gasteiger partial charge is 0.493 e. The predicted molar refractivity (Wildman–Crippen MR) is 107 cm³/mol. The molecule has 0 fully saturated rings. The highest BCUT2D eigenvalue weighted by molar-refractivity contribution is 5.79. The number of nitrogens with one attached hydrogen (secondary N) is 1. The average molecular weight is 391 g/mol. The van der Waals surface area contributed by atoms with E-state index in [-0.39, 0.29) is 0 Å². The van der Waals surface area contributed by atoms with Crippen molar-refractivity contribution >= 4 is 5.96 Å². The maximum atomic E-state index is 13.3. The molecule has 7 heteroatoms. The van der Waals surface area contributed by atoms with Crippen LogP contribution in [0, 0.1) is 11.6 Å². The van der Waals surface area contributed by atoms with Gasteiger partial charge in [0.25, 0.3) is 0 Å². The number of halogens is 2. The van der Waals surface area contributed by atoms with Crippen molar-refractivity contribution < 1.29 is 18.3 Å². The number of ether oxygens (including phenoxy) is 2. The summed E-state index contributed by atoms with van der Waals surface area (Å²) in [6.45, 7) is 1.26. The highest BCUT2D eigenvalue weighted by Crippen LogP contribution is 2.27. The molecule has 0 radical (unpaired) electrons. The highest BCUT2D eigenvalue weighted by atomic mass is 19.1. The Labute approximate surface area is 165 Å². The van der Waals surface area contributed by atoms with Crippen LogP contribution in [0.2, 0.25) is 0 Å². The fourth-order valence-electron chi connectivity index (χ4n) is 2.90. The zero-order valence-electron chi connectivity index (χ0n) is 16.8. The van der Waals surface area contributed by atoms with Gasteiger partial charge in [-0.1, -0.05) is 6.07 Å². The minimum atomic E-state index is -0.564. The van der Waals surface area contributed by atoms with Crippen LogP contribution < -0.4 is 14.8 Å². The van der Waals surface area contributed by atoms with Crippen molar-refractivity contribution in [1.29, 1.82) is 0 Å². The fourth-order valence-corrected chi connectivity index (χ4v) is 2.90. The molecule has 28 heavy (non-hydrogen) atoms. The molecule has 0 amide bonds.